The van der Waals surface area contributed by atoms with Gasteiger partial charge in [0.1, 0.15) is 0 Å². The third-order valence-corrected chi connectivity index (χ3v) is 8.72. The normalized spacial score (nSPS) is 22.7. The van der Waals surface area contributed by atoms with E-state index < -0.39 is 15.9 Å². The van der Waals surface area contributed by atoms with Crippen molar-refractivity contribution >= 4 is 39.3 Å². The van der Waals surface area contributed by atoms with E-state index in [-0.39, 0.29) is 16.2 Å². The summed E-state index contributed by atoms with van der Waals surface area (Å²) in [6, 6.07) is 11.5. The maximum absolute atomic E-state index is 13.5. The summed E-state index contributed by atoms with van der Waals surface area (Å²) >= 11 is 7.72. The van der Waals surface area contributed by atoms with Crippen LogP contribution in [0, 0.1) is 6.92 Å². The van der Waals surface area contributed by atoms with E-state index in [2.05, 4.69) is 0 Å². The molecule has 4 nitrogen and oxygen atoms in total. The van der Waals surface area contributed by atoms with Crippen molar-refractivity contribution in [1.82, 2.24) is 4.31 Å². The predicted molar refractivity (Wildman–Crippen MR) is 108 cm³/mol. The third kappa shape index (κ3) is 3.39. The van der Waals surface area contributed by atoms with Crippen LogP contribution in [0.15, 0.2) is 52.3 Å². The molecule has 27 heavy (non-hydrogen) atoms. The van der Waals surface area contributed by atoms with Gasteiger partial charge in [-0.15, -0.1) is 11.8 Å². The highest BCUT2D eigenvalue weighted by Crippen LogP contribution is 2.43. The smallest absolute Gasteiger partial charge is 0.268 e. The molecule has 4 rings (SSSR count). The molecule has 7 heteroatoms. The van der Waals surface area contributed by atoms with E-state index in [4.69, 9.17) is 11.6 Å². The molecular weight excluding hydrogens is 402 g/mol. The van der Waals surface area contributed by atoms with Crippen LogP contribution in [0.5, 0.6) is 0 Å². The number of carbonyl (C=O) groups excluding carboxylic acids is 1. The fourth-order valence-electron chi connectivity index (χ4n) is 3.80. The van der Waals surface area contributed by atoms with Crippen LogP contribution in [0.1, 0.15) is 41.6 Å². The molecule has 1 fully saturated rings. The van der Waals surface area contributed by atoms with Crippen molar-refractivity contribution in [2.24, 2.45) is 0 Å². The van der Waals surface area contributed by atoms with Crippen LogP contribution in [0.25, 0.3) is 0 Å². The Labute approximate surface area is 169 Å². The summed E-state index contributed by atoms with van der Waals surface area (Å²) in [5, 5.41) is 0.491. The van der Waals surface area contributed by atoms with E-state index >= 15 is 0 Å². The van der Waals surface area contributed by atoms with Gasteiger partial charge in [0.15, 0.2) is 0 Å². The molecule has 1 heterocycles. The lowest BCUT2D eigenvalue weighted by molar-refractivity contribution is 0.0802. The number of nitrogens with zero attached hydrogens (tertiary/aromatic N) is 1. The van der Waals surface area contributed by atoms with E-state index in [1.54, 1.807) is 48.2 Å². The van der Waals surface area contributed by atoms with Crippen molar-refractivity contribution in [3.05, 3.63) is 58.6 Å². The van der Waals surface area contributed by atoms with Gasteiger partial charge in [0.2, 0.25) is 0 Å². The molecule has 2 aromatic rings. The summed E-state index contributed by atoms with van der Waals surface area (Å²) in [5.74, 6) is -0.477. The largest absolute Gasteiger partial charge is 0.269 e. The van der Waals surface area contributed by atoms with Crippen LogP contribution < -0.4 is 0 Å². The molecule has 142 valence electrons. The van der Waals surface area contributed by atoms with Gasteiger partial charge in [-0.2, -0.15) is 0 Å². The summed E-state index contributed by atoms with van der Waals surface area (Å²) in [6.45, 7) is 1.90. The van der Waals surface area contributed by atoms with Crippen LogP contribution in [0.3, 0.4) is 0 Å². The number of hydrogen-bond donors (Lipinski definition) is 0. The Hall–Kier alpha value is -1.50. The number of aryl methyl sites for hydroxylation is 1. The first-order valence-electron chi connectivity index (χ1n) is 8.99. The van der Waals surface area contributed by atoms with Crippen LogP contribution in [0.4, 0.5) is 0 Å². The first-order chi connectivity index (χ1) is 12.9. The van der Waals surface area contributed by atoms with Crippen LogP contribution in [-0.2, 0) is 10.0 Å². The summed E-state index contributed by atoms with van der Waals surface area (Å²) in [7, 11) is -3.95. The van der Waals surface area contributed by atoms with Gasteiger partial charge in [0, 0.05) is 15.2 Å². The van der Waals surface area contributed by atoms with Crippen LogP contribution in [-0.4, -0.2) is 29.9 Å². The number of rotatable bonds is 2. The Kier molecular flexibility index (Phi) is 4.99. The van der Waals surface area contributed by atoms with Crippen molar-refractivity contribution in [1.29, 1.82) is 0 Å². The average molecular weight is 422 g/mol. The van der Waals surface area contributed by atoms with Gasteiger partial charge in [0.25, 0.3) is 15.9 Å². The van der Waals surface area contributed by atoms with E-state index in [9.17, 15) is 13.2 Å². The molecule has 0 aromatic heterocycles. The zero-order valence-electron chi connectivity index (χ0n) is 14.9. The van der Waals surface area contributed by atoms with Crippen molar-refractivity contribution in [3.8, 4) is 0 Å². The van der Waals surface area contributed by atoms with Crippen molar-refractivity contribution < 1.29 is 13.2 Å². The summed E-state index contributed by atoms with van der Waals surface area (Å²) in [6.07, 6.45) is 3.55. The SMILES string of the molecule is Cc1ccc(S(=O)(=O)N2C(=O)c3cc(Cl)ccc3S[C@@H]3CCCC[C@H]32)cc1. The van der Waals surface area contributed by atoms with Gasteiger partial charge in [0.05, 0.1) is 16.5 Å². The minimum absolute atomic E-state index is 0.0605. The van der Waals surface area contributed by atoms with E-state index in [1.165, 1.54) is 0 Å². The van der Waals surface area contributed by atoms with Gasteiger partial charge in [-0.3, -0.25) is 4.79 Å². The molecule has 2 aromatic carbocycles. The van der Waals surface area contributed by atoms with Gasteiger partial charge in [-0.05, 0) is 50.1 Å². The van der Waals surface area contributed by atoms with E-state index in [0.29, 0.717) is 17.0 Å². The van der Waals surface area contributed by atoms with Gasteiger partial charge in [-0.25, -0.2) is 12.7 Å². The zero-order valence-corrected chi connectivity index (χ0v) is 17.3. The second-order valence-corrected chi connectivity index (χ2v) is 10.6. The molecule has 1 saturated carbocycles. The lowest BCUT2D eigenvalue weighted by atomic mass is 9.94. The summed E-state index contributed by atoms with van der Waals surface area (Å²) in [4.78, 5) is 14.4. The fourth-order valence-corrected chi connectivity index (χ4v) is 7.13. The zero-order chi connectivity index (χ0) is 19.2. The number of halogens is 1. The molecule has 0 N–H and O–H groups in total. The number of hydrogen-bond acceptors (Lipinski definition) is 4. The summed E-state index contributed by atoms with van der Waals surface area (Å²) in [5.41, 5.74) is 1.34. The number of amides is 1. The predicted octanol–water partition coefficient (Wildman–Crippen LogP) is 4.90. The Balaban J connectivity index is 1.87. The Morgan fingerprint density at radius 1 is 1.07 bits per heavy atom. The van der Waals surface area contributed by atoms with Crippen molar-refractivity contribution in [2.45, 2.75) is 53.7 Å². The second kappa shape index (κ2) is 7.15. The average Bonchev–Trinajstić information content (AvgIpc) is 2.76. The van der Waals surface area contributed by atoms with Gasteiger partial charge in [-0.1, -0.05) is 42.1 Å². The number of fused-ring (bicyclic) bond motifs is 2. The molecule has 0 bridgehead atoms. The van der Waals surface area contributed by atoms with Crippen molar-refractivity contribution in [2.75, 3.05) is 0 Å². The molecule has 0 spiro atoms. The first kappa shape index (κ1) is 18.8. The minimum atomic E-state index is -3.95. The van der Waals surface area contributed by atoms with Crippen LogP contribution in [0.2, 0.25) is 5.02 Å². The quantitative estimate of drug-likeness (QED) is 0.692. The number of carbonyl (C=O) groups is 1. The van der Waals surface area contributed by atoms with Gasteiger partial charge < -0.3 is 0 Å². The second-order valence-electron chi connectivity index (χ2n) is 7.07. The monoisotopic (exact) mass is 421 g/mol. The third-order valence-electron chi connectivity index (χ3n) is 5.20. The standard InChI is InChI=1S/C20H20ClNO3S2/c1-13-6-9-15(10-7-13)27(24,25)22-17-4-2-3-5-19(17)26-18-11-8-14(21)12-16(18)20(22)23/h6-12,17,19H,2-5H2,1H3/t17-,19-/m1/s1. The number of sulfonamides is 1. The topological polar surface area (TPSA) is 54.5 Å². The van der Waals surface area contributed by atoms with E-state index in [0.717, 1.165) is 34.0 Å². The fraction of sp³-hybridized carbons (Fsp3) is 0.350. The molecule has 0 radical (unpaired) electrons. The molecular formula is C20H20ClNO3S2. The molecule has 1 amide bonds. The lowest BCUT2D eigenvalue weighted by Gasteiger charge is -2.36. The highest BCUT2D eigenvalue weighted by atomic mass is 35.5. The number of thioether (sulfide) groups is 1. The minimum Gasteiger partial charge on any atom is -0.268 e. The van der Waals surface area contributed by atoms with E-state index in [1.807, 2.05) is 13.0 Å². The maximum Gasteiger partial charge on any atom is 0.269 e. The Morgan fingerprint density at radius 3 is 2.52 bits per heavy atom. The van der Waals surface area contributed by atoms with Crippen LogP contribution >= 0.6 is 23.4 Å². The lowest BCUT2D eigenvalue weighted by Crippen LogP contribution is -2.49. The Morgan fingerprint density at radius 2 is 1.78 bits per heavy atom. The molecule has 0 unspecified atom stereocenters. The highest BCUT2D eigenvalue weighted by Gasteiger charge is 2.44. The number of benzene rings is 2. The highest BCUT2D eigenvalue weighted by molar-refractivity contribution is 8.00. The van der Waals surface area contributed by atoms with Crippen molar-refractivity contribution in [3.63, 3.8) is 0 Å². The molecule has 2 atom stereocenters. The molecule has 1 aliphatic heterocycles. The van der Waals surface area contributed by atoms with Gasteiger partial charge >= 0.3 is 0 Å². The molecule has 2 aliphatic rings. The summed E-state index contributed by atoms with van der Waals surface area (Å²) < 4.78 is 28.1. The maximum atomic E-state index is 13.5. The molecule has 1 aliphatic carbocycles. The first-order valence-corrected chi connectivity index (χ1v) is 11.7. The Bertz CT molecular complexity index is 989. The molecule has 0 saturated heterocycles.